The van der Waals surface area contributed by atoms with Gasteiger partial charge in [0.1, 0.15) is 17.1 Å². The van der Waals surface area contributed by atoms with E-state index in [4.69, 9.17) is 4.74 Å². The topological polar surface area (TPSA) is 78.8 Å². The number of rotatable bonds is 2. The number of fused-ring (bicyclic) bond motifs is 3. The molecule has 0 spiro atoms. The number of ether oxygens (including phenoxy) is 1. The molecule has 1 heterocycles. The molecular formula is C26H35NO4. The number of carbonyl (C=O) groups excluding carboxylic acids is 1. The second-order valence-electron chi connectivity index (χ2n) is 11.9. The standard InChI is InChI=1S/C26H35NO4/c1-25(2)20-4-3-18(28)10-19(20)23-21(29)8-17(9-22(23)31-25)24(30)27-26-11-14-5-15(12-26)7-16(6-14)13-26/h8-9,14-16,18-20,28-29H,3-7,10-13H2,1-2H3,(H,27,30)/t14?,15?,16?,18-,19-,20-,26?/m1/s1. The summed E-state index contributed by atoms with van der Waals surface area (Å²) in [6, 6.07) is 3.44. The molecular weight excluding hydrogens is 390 g/mol. The van der Waals surface area contributed by atoms with Crippen LogP contribution in [-0.2, 0) is 0 Å². The van der Waals surface area contributed by atoms with Crippen molar-refractivity contribution >= 4 is 5.91 Å². The Kier molecular flexibility index (Phi) is 4.26. The lowest BCUT2D eigenvalue weighted by molar-refractivity contribution is -0.0318. The molecule has 1 aliphatic heterocycles. The van der Waals surface area contributed by atoms with E-state index < -0.39 is 0 Å². The van der Waals surface area contributed by atoms with E-state index in [1.807, 2.05) is 6.07 Å². The third kappa shape index (κ3) is 3.18. The molecule has 5 aliphatic carbocycles. The molecule has 31 heavy (non-hydrogen) atoms. The number of benzene rings is 1. The van der Waals surface area contributed by atoms with Crippen LogP contribution in [-0.4, -0.2) is 33.4 Å². The van der Waals surface area contributed by atoms with Gasteiger partial charge in [0, 0.05) is 28.5 Å². The Morgan fingerprint density at radius 2 is 1.68 bits per heavy atom. The number of aliphatic hydroxyl groups excluding tert-OH is 1. The Hall–Kier alpha value is -1.75. The second-order valence-corrected chi connectivity index (χ2v) is 11.9. The number of carbonyl (C=O) groups is 1. The summed E-state index contributed by atoms with van der Waals surface area (Å²) in [5, 5.41) is 24.7. The van der Waals surface area contributed by atoms with Crippen molar-refractivity contribution in [2.24, 2.45) is 23.7 Å². The van der Waals surface area contributed by atoms with Crippen molar-refractivity contribution in [3.8, 4) is 11.5 Å². The molecule has 1 amide bonds. The van der Waals surface area contributed by atoms with Gasteiger partial charge in [0.25, 0.3) is 5.91 Å². The molecule has 7 rings (SSSR count). The Balaban J connectivity index is 1.30. The quantitative estimate of drug-likeness (QED) is 0.652. The molecule has 0 unspecified atom stereocenters. The zero-order chi connectivity index (χ0) is 21.5. The number of hydrogen-bond acceptors (Lipinski definition) is 4. The van der Waals surface area contributed by atoms with Crippen molar-refractivity contribution in [2.75, 3.05) is 0 Å². The zero-order valence-electron chi connectivity index (χ0n) is 18.7. The molecule has 4 bridgehead atoms. The monoisotopic (exact) mass is 425 g/mol. The minimum absolute atomic E-state index is 0.0581. The van der Waals surface area contributed by atoms with Crippen molar-refractivity contribution in [1.29, 1.82) is 0 Å². The highest BCUT2D eigenvalue weighted by atomic mass is 16.5. The highest BCUT2D eigenvalue weighted by Gasteiger charge is 2.52. The first-order chi connectivity index (χ1) is 14.7. The van der Waals surface area contributed by atoms with Crippen LogP contribution in [0.5, 0.6) is 11.5 Å². The summed E-state index contributed by atoms with van der Waals surface area (Å²) in [6.07, 6.45) is 9.27. The van der Waals surface area contributed by atoms with Gasteiger partial charge < -0.3 is 20.3 Å². The predicted octanol–water partition coefficient (Wildman–Crippen LogP) is 4.51. The average molecular weight is 426 g/mol. The van der Waals surface area contributed by atoms with Gasteiger partial charge in [-0.3, -0.25) is 4.79 Å². The van der Waals surface area contributed by atoms with Gasteiger partial charge in [0.15, 0.2) is 0 Å². The number of amides is 1. The summed E-state index contributed by atoms with van der Waals surface area (Å²) in [7, 11) is 0. The number of aliphatic hydroxyl groups is 1. The maximum Gasteiger partial charge on any atom is 0.251 e. The third-order valence-corrected chi connectivity index (χ3v) is 9.26. The van der Waals surface area contributed by atoms with E-state index >= 15 is 0 Å². The SMILES string of the molecule is CC1(C)Oc2cc(C(=O)NC34CC5CC(CC(C5)C3)C4)cc(O)c2[C@@H]2C[C@H](O)CC[C@H]21. The highest BCUT2D eigenvalue weighted by Crippen LogP contribution is 2.56. The summed E-state index contributed by atoms with van der Waals surface area (Å²) < 4.78 is 6.37. The maximum absolute atomic E-state index is 13.3. The smallest absolute Gasteiger partial charge is 0.251 e. The van der Waals surface area contributed by atoms with Crippen LogP contribution in [0.25, 0.3) is 0 Å². The fourth-order valence-electron chi connectivity index (χ4n) is 8.44. The summed E-state index contributed by atoms with van der Waals surface area (Å²) in [5.41, 5.74) is 0.807. The molecule has 5 fully saturated rings. The first-order valence-corrected chi connectivity index (χ1v) is 12.3. The molecule has 3 atom stereocenters. The normalized spacial score (nSPS) is 41.8. The fourth-order valence-corrected chi connectivity index (χ4v) is 8.44. The number of phenols is 1. The van der Waals surface area contributed by atoms with Crippen molar-refractivity contribution < 1.29 is 19.7 Å². The molecule has 3 N–H and O–H groups in total. The van der Waals surface area contributed by atoms with Crippen molar-refractivity contribution in [3.63, 3.8) is 0 Å². The molecule has 5 saturated carbocycles. The lowest BCUT2D eigenvalue weighted by atomic mass is 9.53. The molecule has 0 aromatic heterocycles. The predicted molar refractivity (Wildman–Crippen MR) is 117 cm³/mol. The Morgan fingerprint density at radius 1 is 1.03 bits per heavy atom. The average Bonchev–Trinajstić information content (AvgIpc) is 2.65. The molecule has 6 aliphatic rings. The third-order valence-electron chi connectivity index (χ3n) is 9.26. The minimum atomic E-state index is -0.390. The molecule has 5 nitrogen and oxygen atoms in total. The van der Waals surface area contributed by atoms with Gasteiger partial charge in [-0.2, -0.15) is 0 Å². The summed E-state index contributed by atoms with van der Waals surface area (Å²) in [4.78, 5) is 13.3. The van der Waals surface area contributed by atoms with Crippen molar-refractivity contribution in [3.05, 3.63) is 23.3 Å². The Bertz CT molecular complexity index is 887. The Labute approximate surface area is 184 Å². The molecule has 5 heteroatoms. The van der Waals surface area contributed by atoms with Crippen LogP contribution < -0.4 is 10.1 Å². The van der Waals surface area contributed by atoms with Gasteiger partial charge in [-0.1, -0.05) is 0 Å². The lowest BCUT2D eigenvalue weighted by Gasteiger charge is -2.56. The number of nitrogens with one attached hydrogen (secondary N) is 1. The van der Waals surface area contributed by atoms with E-state index in [0.717, 1.165) is 55.4 Å². The number of aromatic hydroxyl groups is 1. The van der Waals surface area contributed by atoms with E-state index in [9.17, 15) is 15.0 Å². The van der Waals surface area contributed by atoms with Gasteiger partial charge in [-0.15, -0.1) is 0 Å². The van der Waals surface area contributed by atoms with E-state index in [1.54, 1.807) is 6.07 Å². The molecule has 0 radical (unpaired) electrons. The first-order valence-electron chi connectivity index (χ1n) is 12.3. The van der Waals surface area contributed by atoms with Crippen LogP contribution >= 0.6 is 0 Å². The number of hydrogen-bond donors (Lipinski definition) is 3. The number of phenolic OH excluding ortho intramolecular Hbond substituents is 1. The van der Waals surface area contributed by atoms with E-state index in [0.29, 0.717) is 17.7 Å². The van der Waals surface area contributed by atoms with Gasteiger partial charge in [0.05, 0.1) is 6.10 Å². The first kappa shape index (κ1) is 19.9. The largest absolute Gasteiger partial charge is 0.507 e. The minimum Gasteiger partial charge on any atom is -0.507 e. The lowest BCUT2D eigenvalue weighted by Crippen LogP contribution is -2.59. The van der Waals surface area contributed by atoms with Crippen LogP contribution in [0.1, 0.15) is 93.5 Å². The van der Waals surface area contributed by atoms with E-state index in [-0.39, 0.29) is 40.7 Å². The second kappa shape index (κ2) is 6.63. The summed E-state index contributed by atoms with van der Waals surface area (Å²) in [5.74, 6) is 3.26. The van der Waals surface area contributed by atoms with E-state index in [2.05, 4.69) is 19.2 Å². The van der Waals surface area contributed by atoms with Gasteiger partial charge in [-0.25, -0.2) is 0 Å². The van der Waals surface area contributed by atoms with Crippen molar-refractivity contribution in [1.82, 2.24) is 5.32 Å². The van der Waals surface area contributed by atoms with Gasteiger partial charge >= 0.3 is 0 Å². The zero-order valence-corrected chi connectivity index (χ0v) is 18.7. The molecule has 1 aromatic carbocycles. The van der Waals surface area contributed by atoms with E-state index in [1.165, 1.54) is 19.3 Å². The van der Waals surface area contributed by atoms with Crippen LogP contribution in [0.4, 0.5) is 0 Å². The molecule has 168 valence electrons. The van der Waals surface area contributed by atoms with Crippen LogP contribution in [0.3, 0.4) is 0 Å². The fraction of sp³-hybridized carbons (Fsp3) is 0.731. The highest BCUT2D eigenvalue weighted by molar-refractivity contribution is 5.96. The Morgan fingerprint density at radius 3 is 2.32 bits per heavy atom. The van der Waals surface area contributed by atoms with Gasteiger partial charge in [0.2, 0.25) is 0 Å². The summed E-state index contributed by atoms with van der Waals surface area (Å²) >= 11 is 0. The maximum atomic E-state index is 13.3. The molecule has 0 saturated heterocycles. The summed E-state index contributed by atoms with van der Waals surface area (Å²) in [6.45, 7) is 4.18. The van der Waals surface area contributed by atoms with Crippen molar-refractivity contribution in [2.45, 2.75) is 94.8 Å². The molecule has 1 aromatic rings. The van der Waals surface area contributed by atoms with Crippen LogP contribution in [0.2, 0.25) is 0 Å². The van der Waals surface area contributed by atoms with Crippen LogP contribution in [0, 0.1) is 23.7 Å². The van der Waals surface area contributed by atoms with Gasteiger partial charge in [-0.05, 0) is 102 Å². The van der Waals surface area contributed by atoms with Crippen LogP contribution in [0.15, 0.2) is 12.1 Å².